The molecule has 0 saturated carbocycles. The zero-order valence-electron chi connectivity index (χ0n) is 16.3. The highest BCUT2D eigenvalue weighted by molar-refractivity contribution is 7.98. The smallest absolute Gasteiger partial charge is 0.0680 e. The number of aromatic nitrogens is 2. The normalized spacial score (nSPS) is 16.3. The Hall–Kier alpha value is -2.04. The first kappa shape index (κ1) is 18.3. The van der Waals surface area contributed by atoms with Crippen LogP contribution < -0.4 is 5.32 Å². The Labute approximate surface area is 166 Å². The number of hydrogen-bond acceptors (Lipinski definition) is 3. The number of hydrogen-bond donors (Lipinski definition) is 1. The predicted octanol–water partition coefficient (Wildman–Crippen LogP) is 5.38. The second-order valence-corrected chi connectivity index (χ2v) is 8.23. The van der Waals surface area contributed by atoms with E-state index in [1.54, 1.807) is 11.8 Å². The molecule has 27 heavy (non-hydrogen) atoms. The zero-order valence-corrected chi connectivity index (χ0v) is 17.1. The van der Waals surface area contributed by atoms with Gasteiger partial charge in [-0.1, -0.05) is 24.3 Å². The zero-order chi connectivity index (χ0) is 18.8. The van der Waals surface area contributed by atoms with Gasteiger partial charge in [-0.2, -0.15) is 5.10 Å². The Morgan fingerprint density at radius 1 is 1.19 bits per heavy atom. The summed E-state index contributed by atoms with van der Waals surface area (Å²) in [5.74, 6) is 0. The van der Waals surface area contributed by atoms with Crippen LogP contribution in [0, 0.1) is 13.8 Å². The largest absolute Gasteiger partial charge is 0.306 e. The number of nitrogens with one attached hydrogen (secondary N) is 1. The fraction of sp³-hybridized carbons (Fsp3) is 0.348. The van der Waals surface area contributed by atoms with Crippen LogP contribution in [0.25, 0.3) is 5.69 Å². The van der Waals surface area contributed by atoms with Gasteiger partial charge in [0, 0.05) is 28.7 Å². The predicted molar refractivity (Wildman–Crippen MR) is 114 cm³/mol. The van der Waals surface area contributed by atoms with Crippen molar-refractivity contribution in [3.8, 4) is 5.69 Å². The van der Waals surface area contributed by atoms with Crippen molar-refractivity contribution in [2.45, 2.75) is 50.6 Å². The maximum atomic E-state index is 4.78. The highest BCUT2D eigenvalue weighted by atomic mass is 32.2. The first-order valence-corrected chi connectivity index (χ1v) is 10.9. The van der Waals surface area contributed by atoms with E-state index >= 15 is 0 Å². The maximum absolute atomic E-state index is 4.78. The molecule has 1 N–H and O–H groups in total. The van der Waals surface area contributed by atoms with E-state index in [2.05, 4.69) is 78.8 Å². The number of benzene rings is 2. The summed E-state index contributed by atoms with van der Waals surface area (Å²) < 4.78 is 2.17. The summed E-state index contributed by atoms with van der Waals surface area (Å²) in [6.45, 7) is 5.25. The minimum absolute atomic E-state index is 0.380. The molecule has 3 nitrogen and oxygen atoms in total. The van der Waals surface area contributed by atoms with Gasteiger partial charge in [-0.05, 0) is 74.3 Å². The molecule has 3 aromatic rings. The standard InChI is InChI=1S/C23H27N3S/c1-16-7-4-11-22(17(16)2)26-23-12-6-10-21(20(23)15-25-26)24-14-18-8-5-9-19(13-18)27-3/h4-5,7-9,11,13,15,21,24H,6,10,12,14H2,1-3H3/t21-/m0/s1. The van der Waals surface area contributed by atoms with Crippen LogP contribution >= 0.6 is 11.8 Å². The lowest BCUT2D eigenvalue weighted by atomic mass is 9.92. The molecule has 0 fully saturated rings. The van der Waals surface area contributed by atoms with Crippen LogP contribution in [-0.2, 0) is 13.0 Å². The first-order valence-electron chi connectivity index (χ1n) is 9.67. The van der Waals surface area contributed by atoms with Gasteiger partial charge < -0.3 is 5.32 Å². The maximum Gasteiger partial charge on any atom is 0.0680 e. The molecule has 1 aromatic heterocycles. The molecular weight excluding hydrogens is 350 g/mol. The van der Waals surface area contributed by atoms with E-state index in [1.165, 1.54) is 51.4 Å². The third kappa shape index (κ3) is 3.69. The molecule has 140 valence electrons. The molecule has 4 rings (SSSR count). The fourth-order valence-corrected chi connectivity index (χ4v) is 4.45. The summed E-state index contributed by atoms with van der Waals surface area (Å²) >= 11 is 1.80. The molecule has 0 amide bonds. The van der Waals surface area contributed by atoms with Gasteiger partial charge >= 0.3 is 0 Å². The lowest BCUT2D eigenvalue weighted by molar-refractivity contribution is 0.454. The number of thioether (sulfide) groups is 1. The Morgan fingerprint density at radius 3 is 2.89 bits per heavy atom. The average Bonchev–Trinajstić information content (AvgIpc) is 3.13. The van der Waals surface area contributed by atoms with Crippen molar-refractivity contribution in [1.82, 2.24) is 15.1 Å². The van der Waals surface area contributed by atoms with Gasteiger partial charge in [0.1, 0.15) is 0 Å². The van der Waals surface area contributed by atoms with E-state index in [9.17, 15) is 0 Å². The van der Waals surface area contributed by atoms with E-state index in [0.717, 1.165) is 13.0 Å². The third-order valence-corrected chi connectivity index (χ3v) is 6.40. The number of aryl methyl sites for hydroxylation is 1. The van der Waals surface area contributed by atoms with Crippen LogP contribution in [0.2, 0.25) is 0 Å². The molecule has 0 aliphatic heterocycles. The van der Waals surface area contributed by atoms with Crippen molar-refractivity contribution >= 4 is 11.8 Å². The van der Waals surface area contributed by atoms with Gasteiger partial charge in [-0.3, -0.25) is 0 Å². The molecule has 4 heteroatoms. The van der Waals surface area contributed by atoms with Crippen molar-refractivity contribution in [3.05, 3.63) is 76.6 Å². The molecule has 1 heterocycles. The number of nitrogens with zero attached hydrogens (tertiary/aromatic N) is 2. The fourth-order valence-electron chi connectivity index (χ4n) is 3.97. The minimum atomic E-state index is 0.380. The lowest BCUT2D eigenvalue weighted by Crippen LogP contribution is -2.25. The Morgan fingerprint density at radius 2 is 2.04 bits per heavy atom. The van der Waals surface area contributed by atoms with Crippen LogP contribution in [0.5, 0.6) is 0 Å². The van der Waals surface area contributed by atoms with Crippen molar-refractivity contribution in [2.24, 2.45) is 0 Å². The summed E-state index contributed by atoms with van der Waals surface area (Å²) in [5, 5.41) is 8.55. The summed E-state index contributed by atoms with van der Waals surface area (Å²) in [6, 6.07) is 15.7. The summed E-state index contributed by atoms with van der Waals surface area (Å²) in [6.07, 6.45) is 7.68. The summed E-state index contributed by atoms with van der Waals surface area (Å²) in [7, 11) is 0. The number of rotatable bonds is 5. The number of fused-ring (bicyclic) bond motifs is 1. The molecule has 2 aromatic carbocycles. The molecule has 0 radical (unpaired) electrons. The van der Waals surface area contributed by atoms with E-state index in [0.29, 0.717) is 6.04 Å². The average molecular weight is 378 g/mol. The molecule has 0 saturated heterocycles. The Balaban J connectivity index is 1.57. The van der Waals surface area contributed by atoms with Crippen LogP contribution in [-0.4, -0.2) is 16.0 Å². The van der Waals surface area contributed by atoms with E-state index < -0.39 is 0 Å². The molecule has 0 unspecified atom stereocenters. The molecule has 0 spiro atoms. The molecule has 1 aliphatic carbocycles. The summed E-state index contributed by atoms with van der Waals surface area (Å²) in [4.78, 5) is 1.32. The van der Waals surface area contributed by atoms with Crippen molar-refractivity contribution in [1.29, 1.82) is 0 Å². The van der Waals surface area contributed by atoms with Gasteiger partial charge in [-0.25, -0.2) is 4.68 Å². The lowest BCUT2D eigenvalue weighted by Gasteiger charge is -2.25. The minimum Gasteiger partial charge on any atom is -0.306 e. The molecule has 1 atom stereocenters. The highest BCUT2D eigenvalue weighted by Crippen LogP contribution is 2.32. The van der Waals surface area contributed by atoms with Crippen LogP contribution in [0.3, 0.4) is 0 Å². The summed E-state index contributed by atoms with van der Waals surface area (Å²) in [5.41, 5.74) is 7.91. The van der Waals surface area contributed by atoms with Crippen LogP contribution in [0.4, 0.5) is 0 Å². The van der Waals surface area contributed by atoms with E-state index in [4.69, 9.17) is 5.10 Å². The van der Waals surface area contributed by atoms with Gasteiger partial charge in [0.2, 0.25) is 0 Å². The monoisotopic (exact) mass is 377 g/mol. The highest BCUT2D eigenvalue weighted by Gasteiger charge is 2.25. The molecule has 0 bridgehead atoms. The Kier molecular flexibility index (Phi) is 5.37. The quantitative estimate of drug-likeness (QED) is 0.606. The van der Waals surface area contributed by atoms with Gasteiger partial charge in [0.15, 0.2) is 0 Å². The molecule has 1 aliphatic rings. The topological polar surface area (TPSA) is 29.9 Å². The van der Waals surface area contributed by atoms with E-state index in [-0.39, 0.29) is 0 Å². The first-order chi connectivity index (χ1) is 13.2. The third-order valence-electron chi connectivity index (χ3n) is 5.67. The second-order valence-electron chi connectivity index (χ2n) is 7.35. The van der Waals surface area contributed by atoms with E-state index in [1.807, 2.05) is 0 Å². The second kappa shape index (κ2) is 7.91. The van der Waals surface area contributed by atoms with Gasteiger partial charge in [0.25, 0.3) is 0 Å². The SMILES string of the molecule is CSc1cccc(CN[C@H]2CCCc3c2cnn3-c2cccc(C)c2C)c1. The Bertz CT molecular complexity index is 945. The molecular formula is C23H27N3S. The van der Waals surface area contributed by atoms with Gasteiger partial charge in [-0.15, -0.1) is 11.8 Å². The van der Waals surface area contributed by atoms with Crippen molar-refractivity contribution in [2.75, 3.05) is 6.26 Å². The van der Waals surface area contributed by atoms with Crippen LogP contribution in [0.1, 0.15) is 46.8 Å². The van der Waals surface area contributed by atoms with Crippen LogP contribution in [0.15, 0.2) is 53.6 Å². The van der Waals surface area contributed by atoms with Crippen molar-refractivity contribution < 1.29 is 0 Å². The van der Waals surface area contributed by atoms with Crippen molar-refractivity contribution in [3.63, 3.8) is 0 Å². The van der Waals surface area contributed by atoms with Gasteiger partial charge in [0.05, 0.1) is 11.9 Å².